The van der Waals surface area contributed by atoms with Crippen LogP contribution in [0.2, 0.25) is 5.02 Å². The second kappa shape index (κ2) is 7.72. The van der Waals surface area contributed by atoms with Crippen LogP contribution in [-0.4, -0.2) is 31.2 Å². The molecule has 0 spiro atoms. The van der Waals surface area contributed by atoms with Gasteiger partial charge in [-0.3, -0.25) is 4.99 Å². The monoisotopic (exact) mass is 366 g/mol. The average molecular weight is 367 g/mol. The molecule has 0 saturated carbocycles. The summed E-state index contributed by atoms with van der Waals surface area (Å²) >= 11 is 7.92. The molecule has 6 nitrogen and oxygen atoms in total. The van der Waals surface area contributed by atoms with E-state index in [9.17, 15) is 0 Å². The van der Waals surface area contributed by atoms with E-state index in [0.717, 1.165) is 10.6 Å². The van der Waals surface area contributed by atoms with Gasteiger partial charge in [-0.05, 0) is 24.6 Å². The molecular weight excluding hydrogens is 348 g/mol. The first-order valence-corrected chi connectivity index (χ1v) is 8.79. The first-order chi connectivity index (χ1) is 11.7. The Bertz CT molecular complexity index is 748. The zero-order chi connectivity index (χ0) is 16.9. The molecular formula is C16H19ClN4O2S. The van der Waals surface area contributed by atoms with E-state index < -0.39 is 0 Å². The summed E-state index contributed by atoms with van der Waals surface area (Å²) in [5, 5.41) is 8.09. The number of aliphatic imine (C=N–C) groups is 1. The molecule has 1 aromatic carbocycles. The zero-order valence-electron chi connectivity index (χ0n) is 13.6. The predicted octanol–water partition coefficient (Wildman–Crippen LogP) is 2.74. The number of aromatic nitrogens is 1. The highest BCUT2D eigenvalue weighted by atomic mass is 35.5. The van der Waals surface area contributed by atoms with Crippen molar-refractivity contribution in [3.8, 4) is 11.5 Å². The molecule has 0 unspecified atom stereocenters. The quantitative estimate of drug-likeness (QED) is 0.643. The maximum Gasteiger partial charge on any atom is 0.191 e. The van der Waals surface area contributed by atoms with Crippen LogP contribution in [0.4, 0.5) is 0 Å². The molecule has 0 amide bonds. The van der Waals surface area contributed by atoms with E-state index in [0.29, 0.717) is 48.8 Å². The summed E-state index contributed by atoms with van der Waals surface area (Å²) in [6, 6.07) is 3.81. The maximum atomic E-state index is 6.25. The number of fused-ring (bicyclic) bond motifs is 1. The van der Waals surface area contributed by atoms with Crippen molar-refractivity contribution in [3.05, 3.63) is 38.8 Å². The Labute approximate surface area is 149 Å². The molecule has 0 saturated heterocycles. The minimum absolute atomic E-state index is 0.525. The number of nitrogens with one attached hydrogen (secondary N) is 2. The normalized spacial score (nSPS) is 13.7. The van der Waals surface area contributed by atoms with Crippen molar-refractivity contribution < 1.29 is 9.47 Å². The number of rotatable bonds is 4. The standard InChI is InChI=1S/C16H19ClN4O2S/c1-10-7-19-14(24-10)9-21-16(18-2)20-8-11-5-12(17)15-13(6-11)22-3-4-23-15/h5-7H,3-4,8-9H2,1-2H3,(H2,18,20,21). The second-order valence-corrected chi connectivity index (χ2v) is 6.97. The second-order valence-electron chi connectivity index (χ2n) is 5.25. The van der Waals surface area contributed by atoms with Gasteiger partial charge in [-0.2, -0.15) is 0 Å². The molecule has 2 N–H and O–H groups in total. The molecule has 3 rings (SSSR count). The molecule has 0 fully saturated rings. The molecule has 128 valence electrons. The van der Waals surface area contributed by atoms with E-state index in [-0.39, 0.29) is 0 Å². The molecule has 0 atom stereocenters. The van der Waals surface area contributed by atoms with E-state index >= 15 is 0 Å². The van der Waals surface area contributed by atoms with Crippen molar-refractivity contribution >= 4 is 28.9 Å². The predicted molar refractivity (Wildman–Crippen MR) is 96.3 cm³/mol. The highest BCUT2D eigenvalue weighted by Crippen LogP contribution is 2.38. The van der Waals surface area contributed by atoms with Crippen LogP contribution in [0.25, 0.3) is 0 Å². The Kier molecular flexibility index (Phi) is 5.42. The van der Waals surface area contributed by atoms with E-state index in [1.807, 2.05) is 25.3 Å². The van der Waals surface area contributed by atoms with E-state index in [1.165, 1.54) is 4.88 Å². The molecule has 2 aromatic rings. The van der Waals surface area contributed by atoms with Crippen LogP contribution in [0, 0.1) is 6.92 Å². The highest BCUT2D eigenvalue weighted by Gasteiger charge is 2.16. The molecule has 2 heterocycles. The van der Waals surface area contributed by atoms with Gasteiger partial charge in [0.2, 0.25) is 0 Å². The summed E-state index contributed by atoms with van der Waals surface area (Å²) in [6.45, 7) is 4.32. The lowest BCUT2D eigenvalue weighted by molar-refractivity contribution is 0.171. The van der Waals surface area contributed by atoms with Gasteiger partial charge in [0.05, 0.1) is 11.6 Å². The van der Waals surface area contributed by atoms with Gasteiger partial charge in [0.25, 0.3) is 0 Å². The van der Waals surface area contributed by atoms with Crippen LogP contribution in [0.1, 0.15) is 15.4 Å². The molecule has 0 aliphatic carbocycles. The molecule has 24 heavy (non-hydrogen) atoms. The lowest BCUT2D eigenvalue weighted by atomic mass is 10.2. The third-order valence-corrected chi connectivity index (χ3v) is 4.61. The number of thiazole rings is 1. The smallest absolute Gasteiger partial charge is 0.191 e. The van der Waals surface area contributed by atoms with Crippen LogP contribution >= 0.6 is 22.9 Å². The van der Waals surface area contributed by atoms with Crippen molar-refractivity contribution in [1.82, 2.24) is 15.6 Å². The highest BCUT2D eigenvalue weighted by molar-refractivity contribution is 7.11. The fourth-order valence-corrected chi connectivity index (χ4v) is 3.33. The van der Waals surface area contributed by atoms with E-state index in [1.54, 1.807) is 18.4 Å². The summed E-state index contributed by atoms with van der Waals surface area (Å²) in [4.78, 5) is 9.74. The Morgan fingerprint density at radius 3 is 2.83 bits per heavy atom. The number of guanidine groups is 1. The van der Waals surface area contributed by atoms with Crippen molar-refractivity contribution in [2.45, 2.75) is 20.0 Å². The summed E-state index contributed by atoms with van der Waals surface area (Å²) < 4.78 is 11.1. The molecule has 0 bridgehead atoms. The van der Waals surface area contributed by atoms with Gasteiger partial charge in [-0.1, -0.05) is 11.6 Å². The van der Waals surface area contributed by atoms with Crippen LogP contribution in [-0.2, 0) is 13.1 Å². The van der Waals surface area contributed by atoms with Crippen LogP contribution in [0.3, 0.4) is 0 Å². The largest absolute Gasteiger partial charge is 0.486 e. The van der Waals surface area contributed by atoms with Crippen LogP contribution < -0.4 is 20.1 Å². The molecule has 8 heteroatoms. The van der Waals surface area contributed by atoms with Gasteiger partial charge in [0, 0.05) is 24.7 Å². The number of benzene rings is 1. The Morgan fingerprint density at radius 1 is 1.29 bits per heavy atom. The first-order valence-electron chi connectivity index (χ1n) is 7.59. The summed E-state index contributed by atoms with van der Waals surface area (Å²) in [6.07, 6.45) is 1.87. The van der Waals surface area contributed by atoms with E-state index in [4.69, 9.17) is 21.1 Å². The summed E-state index contributed by atoms with van der Waals surface area (Å²) in [5.41, 5.74) is 0.997. The van der Waals surface area contributed by atoms with Gasteiger partial charge >= 0.3 is 0 Å². The zero-order valence-corrected chi connectivity index (χ0v) is 15.1. The SMILES string of the molecule is CN=C(NCc1cc(Cl)c2c(c1)OCCO2)NCc1ncc(C)s1. The van der Waals surface area contributed by atoms with Gasteiger partial charge in [0.15, 0.2) is 17.5 Å². The number of ether oxygens (including phenoxy) is 2. The van der Waals surface area contributed by atoms with Crippen molar-refractivity contribution in [2.24, 2.45) is 4.99 Å². The minimum atomic E-state index is 0.525. The molecule has 0 radical (unpaired) electrons. The number of nitrogens with zero attached hydrogens (tertiary/aromatic N) is 2. The molecule has 1 aromatic heterocycles. The Morgan fingerprint density at radius 2 is 2.08 bits per heavy atom. The summed E-state index contributed by atoms with van der Waals surface area (Å²) in [7, 11) is 1.74. The number of hydrogen-bond acceptors (Lipinski definition) is 5. The lowest BCUT2D eigenvalue weighted by Gasteiger charge is -2.20. The third-order valence-electron chi connectivity index (χ3n) is 3.42. The lowest BCUT2D eigenvalue weighted by Crippen LogP contribution is -2.36. The van der Waals surface area contributed by atoms with Gasteiger partial charge in [-0.25, -0.2) is 4.98 Å². The van der Waals surface area contributed by atoms with Crippen LogP contribution in [0.5, 0.6) is 11.5 Å². The number of halogens is 1. The van der Waals surface area contributed by atoms with E-state index in [2.05, 4.69) is 20.6 Å². The van der Waals surface area contributed by atoms with Crippen molar-refractivity contribution in [3.63, 3.8) is 0 Å². The third kappa shape index (κ3) is 4.10. The molecule has 1 aliphatic heterocycles. The van der Waals surface area contributed by atoms with Gasteiger partial charge in [0.1, 0.15) is 18.2 Å². The number of aryl methyl sites for hydroxylation is 1. The minimum Gasteiger partial charge on any atom is -0.486 e. The van der Waals surface area contributed by atoms with Gasteiger partial charge < -0.3 is 20.1 Å². The topological polar surface area (TPSA) is 67.8 Å². The van der Waals surface area contributed by atoms with Crippen molar-refractivity contribution in [2.75, 3.05) is 20.3 Å². The summed E-state index contributed by atoms with van der Waals surface area (Å²) in [5.74, 6) is 2.01. The van der Waals surface area contributed by atoms with Gasteiger partial charge in [-0.15, -0.1) is 11.3 Å². The maximum absolute atomic E-state index is 6.25. The molecule has 1 aliphatic rings. The average Bonchev–Trinajstić information content (AvgIpc) is 3.00. The fraction of sp³-hybridized carbons (Fsp3) is 0.375. The fourth-order valence-electron chi connectivity index (χ4n) is 2.32. The van der Waals surface area contributed by atoms with Crippen LogP contribution in [0.15, 0.2) is 23.3 Å². The first kappa shape index (κ1) is 16.9. The Balaban J connectivity index is 1.58. The number of hydrogen-bond donors (Lipinski definition) is 2. The Hall–Kier alpha value is -1.99. The van der Waals surface area contributed by atoms with Crippen molar-refractivity contribution in [1.29, 1.82) is 0 Å².